The number of nitrogens with one attached hydrogen (secondary N) is 1. The first kappa shape index (κ1) is 18.8. The van der Waals surface area contributed by atoms with Gasteiger partial charge in [-0.1, -0.05) is 0 Å². The molecule has 1 saturated heterocycles. The molecule has 0 aromatic heterocycles. The molecule has 7 heteroatoms. The number of nitrogens with zero attached hydrogens (tertiary/aromatic N) is 1. The second kappa shape index (κ2) is 8.64. The minimum atomic E-state index is -0.237. The van der Waals surface area contributed by atoms with Gasteiger partial charge in [0.15, 0.2) is 11.5 Å². The van der Waals surface area contributed by atoms with E-state index in [1.165, 1.54) is 7.11 Å². The fourth-order valence-electron chi connectivity index (χ4n) is 2.99. The topological polar surface area (TPSA) is 69.3 Å². The molecule has 1 amide bonds. The highest BCUT2D eigenvalue weighted by molar-refractivity contribution is 6.06. The summed E-state index contributed by atoms with van der Waals surface area (Å²) in [5, 5.41) is 2.99. The number of hydrogen-bond acceptors (Lipinski definition) is 6. The van der Waals surface area contributed by atoms with E-state index in [-0.39, 0.29) is 5.91 Å². The molecule has 0 aliphatic carbocycles. The van der Waals surface area contributed by atoms with Crippen LogP contribution < -0.4 is 24.4 Å². The van der Waals surface area contributed by atoms with Crippen LogP contribution in [0.4, 0.5) is 11.4 Å². The molecule has 0 saturated carbocycles. The van der Waals surface area contributed by atoms with Crippen LogP contribution in [0.15, 0.2) is 36.4 Å². The number of methoxy groups -OCH3 is 3. The van der Waals surface area contributed by atoms with Crippen molar-refractivity contribution in [2.75, 3.05) is 57.8 Å². The van der Waals surface area contributed by atoms with Gasteiger partial charge in [-0.15, -0.1) is 0 Å². The third-order valence-corrected chi connectivity index (χ3v) is 4.45. The molecule has 0 bridgehead atoms. The Bertz CT molecular complexity index is 803. The number of morpholine rings is 1. The minimum Gasteiger partial charge on any atom is -0.497 e. The first-order valence-electron chi connectivity index (χ1n) is 8.70. The number of anilines is 2. The zero-order valence-electron chi connectivity index (χ0n) is 15.8. The summed E-state index contributed by atoms with van der Waals surface area (Å²) >= 11 is 0. The Morgan fingerprint density at radius 3 is 2.37 bits per heavy atom. The second-order valence-corrected chi connectivity index (χ2v) is 6.01. The lowest BCUT2D eigenvalue weighted by molar-refractivity contribution is 0.102. The summed E-state index contributed by atoms with van der Waals surface area (Å²) in [5.41, 5.74) is 2.10. The van der Waals surface area contributed by atoms with Crippen molar-refractivity contribution in [3.63, 3.8) is 0 Å². The van der Waals surface area contributed by atoms with Crippen LogP contribution in [0.3, 0.4) is 0 Å². The van der Waals surface area contributed by atoms with E-state index in [9.17, 15) is 4.79 Å². The van der Waals surface area contributed by atoms with Gasteiger partial charge in [-0.3, -0.25) is 4.79 Å². The van der Waals surface area contributed by atoms with Crippen molar-refractivity contribution in [1.82, 2.24) is 0 Å². The van der Waals surface area contributed by atoms with Gasteiger partial charge in [0.25, 0.3) is 5.91 Å². The highest BCUT2D eigenvalue weighted by atomic mass is 16.5. The van der Waals surface area contributed by atoms with Crippen molar-refractivity contribution < 1.29 is 23.7 Å². The quantitative estimate of drug-likeness (QED) is 0.841. The monoisotopic (exact) mass is 372 g/mol. The number of benzene rings is 2. The normalized spacial score (nSPS) is 13.8. The lowest BCUT2D eigenvalue weighted by Crippen LogP contribution is -2.36. The van der Waals surface area contributed by atoms with Crippen LogP contribution in [0.1, 0.15) is 10.4 Å². The third-order valence-electron chi connectivity index (χ3n) is 4.45. The maximum atomic E-state index is 12.8. The fraction of sp³-hybridized carbons (Fsp3) is 0.350. The molecule has 1 aliphatic heterocycles. The third kappa shape index (κ3) is 4.25. The van der Waals surface area contributed by atoms with E-state index in [0.717, 1.165) is 18.8 Å². The van der Waals surface area contributed by atoms with Crippen LogP contribution in [0, 0.1) is 0 Å². The molecule has 2 aromatic carbocycles. The molecule has 0 spiro atoms. The lowest BCUT2D eigenvalue weighted by Gasteiger charge is -2.30. The van der Waals surface area contributed by atoms with Crippen LogP contribution in [0.5, 0.6) is 17.2 Å². The number of hydrogen-bond donors (Lipinski definition) is 1. The van der Waals surface area contributed by atoms with E-state index in [4.69, 9.17) is 18.9 Å². The number of carbonyl (C=O) groups is 1. The molecule has 3 rings (SSSR count). The summed E-state index contributed by atoms with van der Waals surface area (Å²) in [7, 11) is 4.70. The van der Waals surface area contributed by atoms with Crippen LogP contribution >= 0.6 is 0 Å². The SMILES string of the molecule is COc1ccc(N2CCOCC2)c(NC(=O)c2ccc(OC)c(OC)c2)c1. The zero-order valence-corrected chi connectivity index (χ0v) is 15.8. The average molecular weight is 372 g/mol. The lowest BCUT2D eigenvalue weighted by atomic mass is 10.1. The highest BCUT2D eigenvalue weighted by Crippen LogP contribution is 2.32. The molecule has 144 valence electrons. The van der Waals surface area contributed by atoms with Crippen LogP contribution in [-0.2, 0) is 4.74 Å². The molecular weight excluding hydrogens is 348 g/mol. The predicted molar refractivity (Wildman–Crippen MR) is 104 cm³/mol. The Balaban J connectivity index is 1.88. The van der Waals surface area contributed by atoms with Gasteiger partial charge in [-0.25, -0.2) is 0 Å². The summed E-state index contributed by atoms with van der Waals surface area (Å²) in [4.78, 5) is 15.0. The fourth-order valence-corrected chi connectivity index (χ4v) is 2.99. The van der Waals surface area contributed by atoms with Gasteiger partial charge in [0.1, 0.15) is 5.75 Å². The van der Waals surface area contributed by atoms with Crippen molar-refractivity contribution in [2.45, 2.75) is 0 Å². The van der Waals surface area contributed by atoms with Gasteiger partial charge < -0.3 is 29.2 Å². The molecule has 2 aromatic rings. The molecule has 1 aliphatic rings. The van der Waals surface area contributed by atoms with Gasteiger partial charge in [-0.05, 0) is 30.3 Å². The van der Waals surface area contributed by atoms with Crippen LogP contribution in [0.25, 0.3) is 0 Å². The summed E-state index contributed by atoms with van der Waals surface area (Å²) in [6, 6.07) is 10.7. The maximum Gasteiger partial charge on any atom is 0.255 e. The van der Waals surface area contributed by atoms with Crippen molar-refractivity contribution in [1.29, 1.82) is 0 Å². The molecule has 0 atom stereocenters. The Morgan fingerprint density at radius 1 is 0.963 bits per heavy atom. The molecular formula is C20H24N2O5. The summed E-state index contributed by atoms with van der Waals surface area (Å²) < 4.78 is 21.3. The molecule has 7 nitrogen and oxygen atoms in total. The van der Waals surface area contributed by atoms with Gasteiger partial charge in [-0.2, -0.15) is 0 Å². The highest BCUT2D eigenvalue weighted by Gasteiger charge is 2.18. The molecule has 1 fully saturated rings. The smallest absolute Gasteiger partial charge is 0.255 e. The van der Waals surface area contributed by atoms with Crippen LogP contribution in [-0.4, -0.2) is 53.5 Å². The van der Waals surface area contributed by atoms with Gasteiger partial charge in [0.05, 0.1) is 45.9 Å². The number of rotatable bonds is 6. The Morgan fingerprint density at radius 2 is 1.70 bits per heavy atom. The molecule has 1 N–H and O–H groups in total. The van der Waals surface area contributed by atoms with E-state index < -0.39 is 0 Å². The van der Waals surface area contributed by atoms with Crippen molar-refractivity contribution in [3.05, 3.63) is 42.0 Å². The summed E-state index contributed by atoms with van der Waals surface area (Å²) in [6.45, 7) is 2.86. The van der Waals surface area contributed by atoms with Crippen molar-refractivity contribution >= 4 is 17.3 Å². The Kier molecular flexibility index (Phi) is 6.03. The second-order valence-electron chi connectivity index (χ2n) is 6.01. The van der Waals surface area contributed by atoms with Crippen molar-refractivity contribution in [3.8, 4) is 17.2 Å². The maximum absolute atomic E-state index is 12.8. The molecule has 27 heavy (non-hydrogen) atoms. The Hall–Kier alpha value is -2.93. The molecule has 0 unspecified atom stereocenters. The number of ether oxygens (including phenoxy) is 4. The largest absolute Gasteiger partial charge is 0.497 e. The summed E-state index contributed by atoms with van der Waals surface area (Å²) in [5.74, 6) is 1.52. The minimum absolute atomic E-state index is 0.237. The van der Waals surface area contributed by atoms with E-state index in [1.54, 1.807) is 32.4 Å². The summed E-state index contributed by atoms with van der Waals surface area (Å²) in [6.07, 6.45) is 0. The van der Waals surface area contributed by atoms with E-state index >= 15 is 0 Å². The standard InChI is InChI=1S/C20H24N2O5/c1-24-15-5-6-17(22-8-10-27-11-9-22)16(13-15)21-20(23)14-4-7-18(25-2)19(12-14)26-3/h4-7,12-13H,8-11H2,1-3H3,(H,21,23). The van der Waals surface area contributed by atoms with Gasteiger partial charge in [0, 0.05) is 24.7 Å². The van der Waals surface area contributed by atoms with Gasteiger partial charge in [0.2, 0.25) is 0 Å². The van der Waals surface area contributed by atoms with E-state index in [1.807, 2.05) is 18.2 Å². The van der Waals surface area contributed by atoms with Gasteiger partial charge >= 0.3 is 0 Å². The zero-order chi connectivity index (χ0) is 19.2. The predicted octanol–water partition coefficient (Wildman–Crippen LogP) is 2.80. The Labute approximate surface area is 158 Å². The number of carbonyl (C=O) groups excluding carboxylic acids is 1. The molecule has 1 heterocycles. The van der Waals surface area contributed by atoms with E-state index in [2.05, 4.69) is 10.2 Å². The van der Waals surface area contributed by atoms with Crippen LogP contribution in [0.2, 0.25) is 0 Å². The first-order chi connectivity index (χ1) is 13.2. The molecule has 0 radical (unpaired) electrons. The first-order valence-corrected chi connectivity index (χ1v) is 8.70. The number of amides is 1. The van der Waals surface area contributed by atoms with Crippen molar-refractivity contribution in [2.24, 2.45) is 0 Å². The van der Waals surface area contributed by atoms with E-state index in [0.29, 0.717) is 41.7 Å². The average Bonchev–Trinajstić information content (AvgIpc) is 2.73.